The number of piperazine rings is 1. The van der Waals surface area contributed by atoms with Crippen LogP contribution in [0.15, 0.2) is 24.3 Å². The molecule has 0 aromatic heterocycles. The highest BCUT2D eigenvalue weighted by atomic mass is 16.2. The first kappa shape index (κ1) is 21.6. The van der Waals surface area contributed by atoms with Crippen LogP contribution in [0.25, 0.3) is 0 Å². The molecule has 0 spiro atoms. The van der Waals surface area contributed by atoms with Crippen LogP contribution >= 0.6 is 0 Å². The van der Waals surface area contributed by atoms with Crippen molar-refractivity contribution in [3.8, 4) is 0 Å². The van der Waals surface area contributed by atoms with Gasteiger partial charge in [-0.25, -0.2) is 0 Å². The molecule has 1 aliphatic heterocycles. The van der Waals surface area contributed by atoms with E-state index in [1.165, 1.54) is 30.4 Å². The molecule has 5 aliphatic carbocycles. The molecule has 5 nitrogen and oxygen atoms in total. The number of amides is 2. The minimum absolute atomic E-state index is 0.104. The molecular formula is C28H39N3O2. The van der Waals surface area contributed by atoms with E-state index in [1.54, 1.807) is 0 Å². The Morgan fingerprint density at radius 2 is 1.61 bits per heavy atom. The van der Waals surface area contributed by atoms with Gasteiger partial charge in [-0.2, -0.15) is 0 Å². The number of nitrogens with one attached hydrogen (secondary N) is 1. The van der Waals surface area contributed by atoms with Crippen LogP contribution in [0, 0.1) is 24.2 Å². The molecule has 3 unspecified atom stereocenters. The fourth-order valence-corrected chi connectivity index (χ4v) is 8.12. The molecule has 1 heterocycles. The molecule has 1 aromatic rings. The van der Waals surface area contributed by atoms with Gasteiger partial charge in [0.1, 0.15) is 0 Å². The second-order valence-corrected chi connectivity index (χ2v) is 12.2. The molecular weight excluding hydrogens is 410 g/mol. The summed E-state index contributed by atoms with van der Waals surface area (Å²) in [5.74, 6) is 1.97. The number of aryl methyl sites for hydroxylation is 1. The third-order valence-electron chi connectivity index (χ3n) is 9.63. The highest BCUT2D eigenvalue weighted by molar-refractivity contribution is 5.84. The molecule has 1 saturated heterocycles. The van der Waals surface area contributed by atoms with Crippen LogP contribution in [-0.2, 0) is 15.0 Å². The van der Waals surface area contributed by atoms with Gasteiger partial charge in [-0.05, 0) is 88.0 Å². The van der Waals surface area contributed by atoms with E-state index >= 15 is 0 Å². The maximum Gasteiger partial charge on any atom is 0.237 e. The van der Waals surface area contributed by atoms with E-state index in [-0.39, 0.29) is 22.8 Å². The van der Waals surface area contributed by atoms with E-state index in [0.717, 1.165) is 58.3 Å². The molecule has 4 bridgehead atoms. The third-order valence-corrected chi connectivity index (χ3v) is 9.63. The Hall–Kier alpha value is -1.88. The fourth-order valence-electron chi connectivity index (χ4n) is 8.12. The van der Waals surface area contributed by atoms with Crippen LogP contribution in [0.4, 0.5) is 0 Å². The second-order valence-electron chi connectivity index (χ2n) is 12.2. The van der Waals surface area contributed by atoms with E-state index < -0.39 is 0 Å². The van der Waals surface area contributed by atoms with Crippen LogP contribution in [0.3, 0.4) is 0 Å². The molecule has 178 valence electrons. The van der Waals surface area contributed by atoms with Crippen LogP contribution in [0.5, 0.6) is 0 Å². The smallest absolute Gasteiger partial charge is 0.237 e. The quantitative estimate of drug-likeness (QED) is 0.747. The highest BCUT2D eigenvalue weighted by Gasteiger charge is 2.61. The second kappa shape index (κ2) is 7.83. The number of carbonyl (C=O) groups excluding carboxylic acids is 2. The summed E-state index contributed by atoms with van der Waals surface area (Å²) in [6.07, 6.45) is 9.32. The van der Waals surface area contributed by atoms with Crippen LogP contribution in [0.2, 0.25) is 0 Å². The molecule has 33 heavy (non-hydrogen) atoms. The van der Waals surface area contributed by atoms with Gasteiger partial charge in [0, 0.05) is 32.2 Å². The monoisotopic (exact) mass is 449 g/mol. The number of hydrogen-bond acceptors (Lipinski definition) is 3. The standard InChI is InChI=1S/C28H39N3O2/c1-19-3-5-23(6-4-19)27-14-21-13-22(15-27)17-28(16-21,18-27)26(33)31-11-9-30(10-12-31)20(2)25(32)29-24-7-8-24/h3-6,20-22,24H,7-18H2,1-2H3,(H,29,32). The van der Waals surface area contributed by atoms with E-state index in [9.17, 15) is 9.59 Å². The summed E-state index contributed by atoms with van der Waals surface area (Å²) in [7, 11) is 0. The molecule has 1 aromatic carbocycles. The molecule has 6 aliphatic rings. The van der Waals surface area contributed by atoms with Crippen LogP contribution < -0.4 is 5.32 Å². The third kappa shape index (κ3) is 3.80. The van der Waals surface area contributed by atoms with Crippen molar-refractivity contribution in [3.05, 3.63) is 35.4 Å². The van der Waals surface area contributed by atoms with Gasteiger partial charge in [0.05, 0.1) is 11.5 Å². The lowest BCUT2D eigenvalue weighted by molar-refractivity contribution is -0.162. The predicted molar refractivity (Wildman–Crippen MR) is 129 cm³/mol. The maximum atomic E-state index is 14.1. The fraction of sp³-hybridized carbons (Fsp3) is 0.714. The first-order chi connectivity index (χ1) is 15.9. The van der Waals surface area contributed by atoms with Crippen LogP contribution in [0.1, 0.15) is 69.4 Å². The highest BCUT2D eigenvalue weighted by Crippen LogP contribution is 2.66. The van der Waals surface area contributed by atoms with Gasteiger partial charge in [-0.3, -0.25) is 14.5 Å². The molecule has 0 radical (unpaired) electrons. The summed E-state index contributed by atoms with van der Waals surface area (Å²) in [6.45, 7) is 7.29. The Bertz CT molecular complexity index is 915. The van der Waals surface area contributed by atoms with Gasteiger partial charge >= 0.3 is 0 Å². The molecule has 1 N–H and O–H groups in total. The predicted octanol–water partition coefficient (Wildman–Crippen LogP) is 3.64. The van der Waals surface area contributed by atoms with Crippen molar-refractivity contribution in [1.82, 2.24) is 15.1 Å². The van der Waals surface area contributed by atoms with Crippen molar-refractivity contribution < 1.29 is 9.59 Å². The summed E-state index contributed by atoms with van der Waals surface area (Å²) in [5, 5.41) is 3.14. The zero-order chi connectivity index (χ0) is 22.8. The maximum absolute atomic E-state index is 14.1. The van der Waals surface area contributed by atoms with Gasteiger partial charge in [0.15, 0.2) is 0 Å². The van der Waals surface area contributed by atoms with Gasteiger partial charge in [0.25, 0.3) is 0 Å². The Morgan fingerprint density at radius 3 is 2.21 bits per heavy atom. The summed E-state index contributed by atoms with van der Waals surface area (Å²) in [6, 6.07) is 9.48. The summed E-state index contributed by atoms with van der Waals surface area (Å²) >= 11 is 0. The molecule has 3 atom stereocenters. The topological polar surface area (TPSA) is 52.7 Å². The summed E-state index contributed by atoms with van der Waals surface area (Å²) in [4.78, 5) is 31.0. The number of benzene rings is 1. The van der Waals surface area contributed by atoms with Crippen molar-refractivity contribution in [2.45, 2.75) is 82.7 Å². The Labute approximate surface area is 198 Å². The average molecular weight is 450 g/mol. The number of hydrogen-bond donors (Lipinski definition) is 1. The lowest BCUT2D eigenvalue weighted by Gasteiger charge is -2.62. The van der Waals surface area contributed by atoms with E-state index in [4.69, 9.17) is 0 Å². The van der Waals surface area contributed by atoms with Crippen molar-refractivity contribution in [2.24, 2.45) is 17.3 Å². The Balaban J connectivity index is 1.16. The van der Waals surface area contributed by atoms with E-state index in [1.807, 2.05) is 6.92 Å². The number of nitrogens with zero attached hydrogens (tertiary/aromatic N) is 2. The minimum Gasteiger partial charge on any atom is -0.352 e. The van der Waals surface area contributed by atoms with Gasteiger partial charge in [-0.1, -0.05) is 29.8 Å². The zero-order valence-corrected chi connectivity index (χ0v) is 20.3. The first-order valence-electron chi connectivity index (χ1n) is 13.3. The largest absolute Gasteiger partial charge is 0.352 e. The summed E-state index contributed by atoms with van der Waals surface area (Å²) in [5.41, 5.74) is 2.82. The van der Waals surface area contributed by atoms with Crippen molar-refractivity contribution in [1.29, 1.82) is 0 Å². The van der Waals surface area contributed by atoms with Gasteiger partial charge in [0.2, 0.25) is 11.8 Å². The summed E-state index contributed by atoms with van der Waals surface area (Å²) < 4.78 is 0. The average Bonchev–Trinajstić information content (AvgIpc) is 3.61. The van der Waals surface area contributed by atoms with Crippen molar-refractivity contribution >= 4 is 11.8 Å². The van der Waals surface area contributed by atoms with E-state index in [0.29, 0.717) is 23.8 Å². The molecule has 7 rings (SSSR count). The Morgan fingerprint density at radius 1 is 0.970 bits per heavy atom. The normalized spacial score (nSPS) is 36.6. The first-order valence-corrected chi connectivity index (χ1v) is 13.3. The number of rotatable bonds is 5. The van der Waals surface area contributed by atoms with Crippen LogP contribution in [-0.4, -0.2) is 59.9 Å². The minimum atomic E-state index is -0.161. The lowest BCUT2D eigenvalue weighted by atomic mass is 9.42. The zero-order valence-electron chi connectivity index (χ0n) is 20.3. The van der Waals surface area contributed by atoms with Gasteiger partial charge in [-0.15, -0.1) is 0 Å². The molecule has 6 fully saturated rings. The van der Waals surface area contributed by atoms with Crippen molar-refractivity contribution in [2.75, 3.05) is 26.2 Å². The number of carbonyl (C=O) groups is 2. The van der Waals surface area contributed by atoms with E-state index in [2.05, 4.69) is 46.3 Å². The lowest BCUT2D eigenvalue weighted by Crippen LogP contribution is -2.62. The molecule has 5 saturated carbocycles. The SMILES string of the molecule is Cc1ccc(C23CC4CC(CC(C(=O)N5CCN(C(C)C(=O)NC6CC6)CC5)(C4)C2)C3)cc1. The molecule has 2 amide bonds. The molecule has 5 heteroatoms. The Kier molecular flexibility index (Phi) is 5.13. The van der Waals surface area contributed by atoms with Gasteiger partial charge < -0.3 is 10.2 Å². The van der Waals surface area contributed by atoms with Crippen molar-refractivity contribution in [3.63, 3.8) is 0 Å².